The van der Waals surface area contributed by atoms with Crippen molar-refractivity contribution in [2.45, 2.75) is 26.3 Å². The summed E-state index contributed by atoms with van der Waals surface area (Å²) >= 11 is 0. The van der Waals surface area contributed by atoms with Crippen molar-refractivity contribution in [1.29, 1.82) is 0 Å². The molecular formula is C27H32N2O4. The molecule has 1 fully saturated rings. The summed E-state index contributed by atoms with van der Waals surface area (Å²) < 4.78 is 5.57. The maximum absolute atomic E-state index is 13.1. The van der Waals surface area contributed by atoms with Gasteiger partial charge in [0.2, 0.25) is 0 Å². The van der Waals surface area contributed by atoms with Crippen LogP contribution in [0.5, 0.6) is 5.75 Å². The molecule has 2 aromatic rings. The summed E-state index contributed by atoms with van der Waals surface area (Å²) in [6, 6.07) is 12.3. The molecule has 1 aliphatic heterocycles. The molecule has 0 aliphatic carbocycles. The number of benzene rings is 2. The summed E-state index contributed by atoms with van der Waals surface area (Å²) in [5.74, 6) is -0.760. The van der Waals surface area contributed by atoms with Crippen LogP contribution in [0.2, 0.25) is 0 Å². The van der Waals surface area contributed by atoms with E-state index in [1.54, 1.807) is 29.2 Å². The molecule has 33 heavy (non-hydrogen) atoms. The van der Waals surface area contributed by atoms with Gasteiger partial charge in [-0.2, -0.15) is 0 Å². The van der Waals surface area contributed by atoms with Crippen LogP contribution in [0.4, 0.5) is 0 Å². The zero-order valence-corrected chi connectivity index (χ0v) is 19.8. The van der Waals surface area contributed by atoms with Gasteiger partial charge in [0.1, 0.15) is 18.1 Å². The van der Waals surface area contributed by atoms with Gasteiger partial charge in [0, 0.05) is 12.1 Å². The molecule has 1 heterocycles. The molecule has 174 valence electrons. The van der Waals surface area contributed by atoms with Crippen LogP contribution in [0.25, 0.3) is 5.76 Å². The highest BCUT2D eigenvalue weighted by Crippen LogP contribution is 2.40. The van der Waals surface area contributed by atoms with Gasteiger partial charge in [-0.05, 0) is 70.2 Å². The lowest BCUT2D eigenvalue weighted by Crippen LogP contribution is -2.32. The highest BCUT2D eigenvalue weighted by molar-refractivity contribution is 6.46. The number of likely N-dealkylation sites (tertiary alicyclic amines) is 1. The SMILES string of the molecule is C=CCOc1ccc(/C(O)=C2/C(=O)C(=O)N(CCCN(C)C)C2c2ccc(C)cc2)c(C)c1. The normalized spacial score (nSPS) is 17.6. The Balaban J connectivity index is 2.07. The largest absolute Gasteiger partial charge is 0.507 e. The van der Waals surface area contributed by atoms with E-state index in [4.69, 9.17) is 4.74 Å². The quantitative estimate of drug-likeness (QED) is 0.269. The summed E-state index contributed by atoms with van der Waals surface area (Å²) in [5, 5.41) is 11.3. The average Bonchev–Trinajstić information content (AvgIpc) is 3.02. The van der Waals surface area contributed by atoms with E-state index >= 15 is 0 Å². The van der Waals surface area contributed by atoms with Gasteiger partial charge in [0.25, 0.3) is 11.7 Å². The van der Waals surface area contributed by atoms with Gasteiger partial charge in [-0.3, -0.25) is 9.59 Å². The van der Waals surface area contributed by atoms with Gasteiger partial charge in [-0.25, -0.2) is 0 Å². The molecule has 1 N–H and O–H groups in total. The van der Waals surface area contributed by atoms with E-state index in [2.05, 4.69) is 6.58 Å². The molecular weight excluding hydrogens is 416 g/mol. The minimum atomic E-state index is -0.658. The lowest BCUT2D eigenvalue weighted by molar-refractivity contribution is -0.139. The molecule has 0 saturated carbocycles. The molecule has 3 rings (SSSR count). The van der Waals surface area contributed by atoms with Crippen LogP contribution in [0.1, 0.15) is 34.7 Å². The molecule has 6 nitrogen and oxygen atoms in total. The van der Waals surface area contributed by atoms with Gasteiger partial charge >= 0.3 is 0 Å². The first-order valence-electron chi connectivity index (χ1n) is 11.1. The molecule has 0 aromatic heterocycles. The van der Waals surface area contributed by atoms with Crippen molar-refractivity contribution in [3.05, 3.63) is 82.9 Å². The first kappa shape index (κ1) is 24.3. The number of amides is 1. The number of aliphatic hydroxyl groups excluding tert-OH is 1. The van der Waals surface area contributed by atoms with Crippen molar-refractivity contribution in [2.75, 3.05) is 33.8 Å². The van der Waals surface area contributed by atoms with Crippen molar-refractivity contribution >= 4 is 17.4 Å². The Bertz CT molecular complexity index is 1070. The number of rotatable bonds is 9. The third kappa shape index (κ3) is 5.34. The van der Waals surface area contributed by atoms with Crippen molar-refractivity contribution < 1.29 is 19.4 Å². The Morgan fingerprint density at radius 2 is 1.85 bits per heavy atom. The van der Waals surface area contributed by atoms with E-state index in [0.717, 1.165) is 29.7 Å². The van der Waals surface area contributed by atoms with E-state index in [9.17, 15) is 14.7 Å². The molecule has 0 spiro atoms. The van der Waals surface area contributed by atoms with Crippen LogP contribution in [0, 0.1) is 13.8 Å². The van der Waals surface area contributed by atoms with Gasteiger partial charge in [0.05, 0.1) is 11.6 Å². The van der Waals surface area contributed by atoms with Crippen LogP contribution in [0.3, 0.4) is 0 Å². The summed E-state index contributed by atoms with van der Waals surface area (Å²) in [5.41, 5.74) is 3.25. The molecule has 2 aromatic carbocycles. The molecule has 0 bridgehead atoms. The Kier molecular flexibility index (Phi) is 7.71. The first-order chi connectivity index (χ1) is 15.7. The first-order valence-corrected chi connectivity index (χ1v) is 11.1. The fraction of sp³-hybridized carbons (Fsp3) is 0.333. The number of hydrogen-bond donors (Lipinski definition) is 1. The van der Waals surface area contributed by atoms with Crippen molar-refractivity contribution in [1.82, 2.24) is 9.80 Å². The third-order valence-corrected chi connectivity index (χ3v) is 5.76. The third-order valence-electron chi connectivity index (χ3n) is 5.76. The van der Waals surface area contributed by atoms with Gasteiger partial charge < -0.3 is 19.6 Å². The van der Waals surface area contributed by atoms with Gasteiger partial charge in [-0.15, -0.1) is 0 Å². The second-order valence-corrected chi connectivity index (χ2v) is 8.64. The monoisotopic (exact) mass is 448 g/mol. The predicted octanol–water partition coefficient (Wildman–Crippen LogP) is 4.24. The summed E-state index contributed by atoms with van der Waals surface area (Å²) in [4.78, 5) is 29.8. The average molecular weight is 449 g/mol. The van der Waals surface area contributed by atoms with Crippen LogP contribution in [-0.4, -0.2) is 60.4 Å². The van der Waals surface area contributed by atoms with Crippen molar-refractivity contribution in [2.24, 2.45) is 0 Å². The smallest absolute Gasteiger partial charge is 0.295 e. The van der Waals surface area contributed by atoms with Gasteiger partial charge in [-0.1, -0.05) is 42.5 Å². The summed E-state index contributed by atoms with van der Waals surface area (Å²) in [6.07, 6.45) is 2.37. The maximum Gasteiger partial charge on any atom is 0.295 e. The minimum Gasteiger partial charge on any atom is -0.507 e. The van der Waals surface area contributed by atoms with Crippen LogP contribution < -0.4 is 4.74 Å². The van der Waals surface area contributed by atoms with Crippen LogP contribution in [0.15, 0.2) is 60.7 Å². The number of nitrogens with zero attached hydrogens (tertiary/aromatic N) is 2. The van der Waals surface area contributed by atoms with E-state index in [1.165, 1.54) is 0 Å². The molecule has 1 amide bonds. The number of Topliss-reactive ketones (excluding diaryl/α,β-unsaturated/α-hetero) is 1. The Morgan fingerprint density at radius 1 is 1.15 bits per heavy atom. The Labute approximate surface area is 195 Å². The fourth-order valence-corrected chi connectivity index (χ4v) is 4.06. The number of hydrogen-bond acceptors (Lipinski definition) is 5. The van der Waals surface area contributed by atoms with Crippen molar-refractivity contribution in [3.8, 4) is 5.75 Å². The number of aryl methyl sites for hydroxylation is 2. The zero-order valence-electron chi connectivity index (χ0n) is 19.8. The van der Waals surface area contributed by atoms with Crippen LogP contribution >= 0.6 is 0 Å². The van der Waals surface area contributed by atoms with Crippen molar-refractivity contribution in [3.63, 3.8) is 0 Å². The van der Waals surface area contributed by atoms with E-state index in [0.29, 0.717) is 24.5 Å². The number of ketones is 1. The maximum atomic E-state index is 13.1. The zero-order chi connectivity index (χ0) is 24.1. The molecule has 1 saturated heterocycles. The Hall–Kier alpha value is -3.38. The minimum absolute atomic E-state index is 0.122. The molecule has 1 unspecified atom stereocenters. The number of aliphatic hydroxyl groups is 1. The standard InChI is InChI=1S/C27H32N2O4/c1-6-16-33-21-12-13-22(19(3)17-21)25(30)23-24(20-10-8-18(2)9-11-20)29(27(32)26(23)31)15-7-14-28(4)5/h6,8-13,17,24,30H,1,7,14-16H2,2-5H3/b25-23-. The number of carbonyl (C=O) groups excluding carboxylic acids is 2. The number of ether oxygens (including phenoxy) is 1. The van der Waals surface area contributed by atoms with E-state index in [1.807, 2.05) is 57.1 Å². The highest BCUT2D eigenvalue weighted by Gasteiger charge is 2.45. The molecule has 1 aliphatic rings. The molecule has 6 heteroatoms. The topological polar surface area (TPSA) is 70.1 Å². The fourth-order valence-electron chi connectivity index (χ4n) is 4.06. The van der Waals surface area contributed by atoms with E-state index < -0.39 is 17.7 Å². The number of carbonyl (C=O) groups is 2. The lowest BCUT2D eigenvalue weighted by atomic mass is 9.93. The van der Waals surface area contributed by atoms with E-state index in [-0.39, 0.29) is 11.3 Å². The molecule has 0 radical (unpaired) electrons. The van der Waals surface area contributed by atoms with Gasteiger partial charge in [0.15, 0.2) is 0 Å². The predicted molar refractivity (Wildman–Crippen MR) is 130 cm³/mol. The van der Waals surface area contributed by atoms with Crippen LogP contribution in [-0.2, 0) is 9.59 Å². The Morgan fingerprint density at radius 3 is 2.45 bits per heavy atom. The second-order valence-electron chi connectivity index (χ2n) is 8.64. The second kappa shape index (κ2) is 10.5. The highest BCUT2D eigenvalue weighted by atomic mass is 16.5. The summed E-state index contributed by atoms with van der Waals surface area (Å²) in [7, 11) is 3.94. The molecule has 1 atom stereocenters. The lowest BCUT2D eigenvalue weighted by Gasteiger charge is -2.26. The summed E-state index contributed by atoms with van der Waals surface area (Å²) in [6.45, 7) is 9.04.